The minimum absolute atomic E-state index is 0. The van der Waals surface area contributed by atoms with E-state index in [2.05, 4.69) is 0 Å². The average molecular weight is 181 g/mol. The van der Waals surface area contributed by atoms with E-state index in [4.69, 9.17) is 10.2 Å². The van der Waals surface area contributed by atoms with Crippen LogP contribution in [0.25, 0.3) is 0 Å². The summed E-state index contributed by atoms with van der Waals surface area (Å²) in [5.41, 5.74) is 0. The first kappa shape index (κ1) is 11.1. The van der Waals surface area contributed by atoms with Crippen molar-refractivity contribution in [3.63, 3.8) is 0 Å². The largest absolute Gasteiger partial charge is 0.478 e. The molecule has 0 aromatic carbocycles. The third-order valence-corrected chi connectivity index (χ3v) is 0.368. The van der Waals surface area contributed by atoms with Gasteiger partial charge in [0.15, 0.2) is 0 Å². The van der Waals surface area contributed by atoms with Crippen molar-refractivity contribution in [2.24, 2.45) is 0 Å². The second-order valence-electron chi connectivity index (χ2n) is 1.01. The Balaban J connectivity index is 0. The van der Waals surface area contributed by atoms with Crippen LogP contribution in [0.5, 0.6) is 0 Å². The number of aliphatic carboxylic acids is 2. The Labute approximate surface area is 63.9 Å². The third kappa shape index (κ3) is 11.1. The predicted octanol–water partition coefficient (Wildman–Crippen LogP) is -0.291. The molecule has 0 fully saturated rings. The Morgan fingerprint density at radius 1 is 1.00 bits per heavy atom. The minimum Gasteiger partial charge on any atom is -0.478 e. The van der Waals surface area contributed by atoms with Crippen LogP contribution in [-0.4, -0.2) is 22.2 Å². The molecular weight excluding hydrogens is 177 g/mol. The zero-order valence-corrected chi connectivity index (χ0v) is 7.54. The molecule has 9 heavy (non-hydrogen) atoms. The van der Waals surface area contributed by atoms with Gasteiger partial charge in [-0.05, 0) is 0 Å². The predicted molar refractivity (Wildman–Crippen MR) is 24.4 cm³/mol. The van der Waals surface area contributed by atoms with E-state index in [0.29, 0.717) is 12.2 Å². The zero-order chi connectivity index (χ0) is 6.57. The number of hydrogen-bond acceptors (Lipinski definition) is 2. The van der Waals surface area contributed by atoms with Crippen molar-refractivity contribution in [3.05, 3.63) is 12.2 Å². The van der Waals surface area contributed by atoms with Gasteiger partial charge in [-0.15, -0.1) is 0 Å². The summed E-state index contributed by atoms with van der Waals surface area (Å²) in [4.78, 5) is 19.1. The average Bonchev–Trinajstić information content (AvgIpc) is 1.61. The second kappa shape index (κ2) is 5.44. The first-order valence-electron chi connectivity index (χ1n) is 1.77. The molecule has 46 valence electrons. The summed E-state index contributed by atoms with van der Waals surface area (Å²) in [6.45, 7) is 0. The van der Waals surface area contributed by atoms with Crippen molar-refractivity contribution >= 4 is 11.9 Å². The molecule has 2 N–H and O–H groups in total. The van der Waals surface area contributed by atoms with Gasteiger partial charge in [0.05, 0.1) is 0 Å². The van der Waals surface area contributed by atoms with Gasteiger partial charge in [0, 0.05) is 31.6 Å². The summed E-state index contributed by atoms with van der Waals surface area (Å²) in [5.74, 6) is -2.51. The van der Waals surface area contributed by atoms with Crippen molar-refractivity contribution in [2.75, 3.05) is 0 Å². The van der Waals surface area contributed by atoms with Crippen LogP contribution in [-0.2, 0) is 29.1 Å². The monoisotopic (exact) mass is 180 g/mol. The van der Waals surface area contributed by atoms with E-state index in [9.17, 15) is 9.59 Å². The Hall–Kier alpha value is -0.697. The maximum atomic E-state index is 9.55. The number of rotatable bonds is 2. The van der Waals surface area contributed by atoms with Gasteiger partial charge in [-0.1, -0.05) is 0 Å². The van der Waals surface area contributed by atoms with Crippen LogP contribution in [0.2, 0.25) is 0 Å². The maximum Gasteiger partial charge on any atom is 0.328 e. The summed E-state index contributed by atoms with van der Waals surface area (Å²) in [6.07, 6.45) is 1.12. The van der Waals surface area contributed by atoms with Gasteiger partial charge in [-0.3, -0.25) is 0 Å². The van der Waals surface area contributed by atoms with Gasteiger partial charge in [0.1, 0.15) is 0 Å². The molecule has 0 saturated heterocycles. The third-order valence-electron chi connectivity index (χ3n) is 0.368. The molecule has 0 heterocycles. The molecule has 0 saturated carbocycles. The van der Waals surface area contributed by atoms with Crippen LogP contribution < -0.4 is 0 Å². The van der Waals surface area contributed by atoms with Gasteiger partial charge < -0.3 is 10.2 Å². The second-order valence-corrected chi connectivity index (χ2v) is 1.01. The zero-order valence-electron chi connectivity index (χ0n) is 4.57. The van der Waals surface area contributed by atoms with Crippen molar-refractivity contribution in [1.29, 1.82) is 0 Å². The summed E-state index contributed by atoms with van der Waals surface area (Å²) in [5, 5.41) is 15.6. The number of carbonyl (C=O) groups is 2. The Bertz CT molecular complexity index is 124. The standard InChI is InChI=1S/C4H4O4.Zn/c5-3(6)1-2-4(7)8;/h1-2H,(H,5,6)(H,7,8);. The van der Waals surface area contributed by atoms with E-state index in [1.165, 1.54) is 0 Å². The van der Waals surface area contributed by atoms with Crippen molar-refractivity contribution in [3.8, 4) is 0 Å². The summed E-state index contributed by atoms with van der Waals surface area (Å²) in [6, 6.07) is 0. The topological polar surface area (TPSA) is 74.6 Å². The molecule has 0 bridgehead atoms. The number of carboxylic acid groups (broad SMARTS) is 2. The molecule has 0 spiro atoms. The van der Waals surface area contributed by atoms with E-state index < -0.39 is 11.9 Å². The molecule has 4 nitrogen and oxygen atoms in total. The molecule has 0 atom stereocenters. The minimum atomic E-state index is -1.26. The normalized spacial score (nSPS) is 8.44. The van der Waals surface area contributed by atoms with Crippen LogP contribution in [0.3, 0.4) is 0 Å². The number of hydrogen-bond donors (Lipinski definition) is 2. The van der Waals surface area contributed by atoms with Crippen LogP contribution >= 0.6 is 0 Å². The summed E-state index contributed by atoms with van der Waals surface area (Å²) >= 11 is 0. The fourth-order valence-corrected chi connectivity index (χ4v) is 0.143. The molecule has 5 heteroatoms. The van der Waals surface area contributed by atoms with E-state index >= 15 is 0 Å². The van der Waals surface area contributed by atoms with Gasteiger partial charge in [0.25, 0.3) is 0 Å². The molecule has 0 aliphatic heterocycles. The van der Waals surface area contributed by atoms with Crippen LogP contribution in [0, 0.1) is 0 Å². The summed E-state index contributed by atoms with van der Waals surface area (Å²) in [7, 11) is 0. The molecule has 0 aliphatic rings. The van der Waals surface area contributed by atoms with Crippen molar-refractivity contribution in [2.45, 2.75) is 0 Å². The first-order chi connectivity index (χ1) is 3.63. The Morgan fingerprint density at radius 3 is 1.33 bits per heavy atom. The fraction of sp³-hybridized carbons (Fsp3) is 0. The van der Waals surface area contributed by atoms with E-state index in [-0.39, 0.29) is 19.5 Å². The van der Waals surface area contributed by atoms with Crippen LogP contribution in [0.4, 0.5) is 0 Å². The molecule has 0 aromatic heterocycles. The Kier molecular flexibility index (Phi) is 6.74. The molecule has 0 aromatic rings. The molecular formula is C4H4O4Zn. The molecule has 0 aliphatic carbocycles. The van der Waals surface area contributed by atoms with Crippen LogP contribution in [0.15, 0.2) is 12.2 Å². The van der Waals surface area contributed by atoms with Crippen molar-refractivity contribution < 1.29 is 39.3 Å². The van der Waals surface area contributed by atoms with Gasteiger partial charge >= 0.3 is 11.9 Å². The quantitative estimate of drug-likeness (QED) is 0.453. The fourth-order valence-electron chi connectivity index (χ4n) is 0.143. The molecule has 0 radical (unpaired) electrons. The van der Waals surface area contributed by atoms with E-state index in [1.807, 2.05) is 0 Å². The van der Waals surface area contributed by atoms with E-state index in [1.54, 1.807) is 0 Å². The first-order valence-corrected chi connectivity index (χ1v) is 1.77. The molecule has 0 amide bonds. The molecule has 0 unspecified atom stereocenters. The molecule has 0 rings (SSSR count). The van der Waals surface area contributed by atoms with E-state index in [0.717, 1.165) is 0 Å². The maximum absolute atomic E-state index is 9.55. The van der Waals surface area contributed by atoms with Gasteiger partial charge in [0.2, 0.25) is 0 Å². The van der Waals surface area contributed by atoms with Gasteiger partial charge in [-0.25, -0.2) is 9.59 Å². The van der Waals surface area contributed by atoms with Crippen molar-refractivity contribution in [1.82, 2.24) is 0 Å². The smallest absolute Gasteiger partial charge is 0.328 e. The SMILES string of the molecule is O=C(O)C=CC(=O)O.[Zn]. The van der Waals surface area contributed by atoms with Crippen LogP contribution in [0.1, 0.15) is 0 Å². The summed E-state index contributed by atoms with van der Waals surface area (Å²) < 4.78 is 0. The van der Waals surface area contributed by atoms with Gasteiger partial charge in [-0.2, -0.15) is 0 Å². The number of carboxylic acids is 2. The Morgan fingerprint density at radius 2 is 1.22 bits per heavy atom.